The van der Waals surface area contributed by atoms with Crippen LogP contribution in [0.3, 0.4) is 0 Å². The third-order valence-electron chi connectivity index (χ3n) is 3.85. The largest absolute Gasteiger partial charge is 0.279 e. The summed E-state index contributed by atoms with van der Waals surface area (Å²) in [5.74, 6) is 0.363. The summed E-state index contributed by atoms with van der Waals surface area (Å²) in [5, 5.41) is 0. The second kappa shape index (κ2) is 6.85. The maximum absolute atomic E-state index is 12.1. The Morgan fingerprint density at radius 2 is 2.05 bits per heavy atom. The van der Waals surface area contributed by atoms with E-state index in [-0.39, 0.29) is 6.04 Å². The highest BCUT2D eigenvalue weighted by atomic mass is 32.2. The van der Waals surface area contributed by atoms with Crippen LogP contribution in [0.5, 0.6) is 0 Å². The van der Waals surface area contributed by atoms with E-state index in [1.165, 1.54) is 5.56 Å². The molecule has 0 unspecified atom stereocenters. The third-order valence-corrected chi connectivity index (χ3v) is 5.66. The Morgan fingerprint density at radius 1 is 1.38 bits per heavy atom. The standard InChI is InChI=1S/C15H25N3O2S/c1-4-13-5-8-16-15(11-13)14-6-9-18(10-7-14)21(19,20)17-12(2)3/h5,8,11-12,14,17H,4,6-7,9-10H2,1-3H3. The van der Waals surface area contributed by atoms with Crippen molar-refractivity contribution in [2.75, 3.05) is 13.1 Å². The van der Waals surface area contributed by atoms with E-state index in [1.54, 1.807) is 4.31 Å². The van der Waals surface area contributed by atoms with Crippen LogP contribution in [0.4, 0.5) is 0 Å². The molecule has 0 saturated carbocycles. The minimum absolute atomic E-state index is 0.0735. The Kier molecular flexibility index (Phi) is 5.35. The smallest absolute Gasteiger partial charge is 0.261 e. The van der Waals surface area contributed by atoms with Crippen LogP contribution in [-0.4, -0.2) is 36.8 Å². The molecule has 0 bridgehead atoms. The summed E-state index contributed by atoms with van der Waals surface area (Å²) in [4.78, 5) is 4.46. The number of aromatic nitrogens is 1. The molecule has 2 rings (SSSR count). The molecule has 0 radical (unpaired) electrons. The molecule has 0 aliphatic carbocycles. The zero-order chi connectivity index (χ0) is 15.5. The van der Waals surface area contributed by atoms with Gasteiger partial charge in [-0.3, -0.25) is 4.98 Å². The monoisotopic (exact) mass is 311 g/mol. The van der Waals surface area contributed by atoms with E-state index < -0.39 is 10.2 Å². The van der Waals surface area contributed by atoms with E-state index in [0.717, 1.165) is 25.0 Å². The molecular formula is C15H25N3O2S. The lowest BCUT2D eigenvalue weighted by molar-refractivity contribution is 0.311. The van der Waals surface area contributed by atoms with Crippen molar-refractivity contribution < 1.29 is 8.42 Å². The van der Waals surface area contributed by atoms with Crippen molar-refractivity contribution >= 4 is 10.2 Å². The third kappa shape index (κ3) is 4.25. The second-order valence-electron chi connectivity index (χ2n) is 5.89. The van der Waals surface area contributed by atoms with Gasteiger partial charge >= 0.3 is 0 Å². The molecule has 0 amide bonds. The highest BCUT2D eigenvalue weighted by Crippen LogP contribution is 2.28. The van der Waals surface area contributed by atoms with E-state index >= 15 is 0 Å². The first-order valence-electron chi connectivity index (χ1n) is 7.64. The van der Waals surface area contributed by atoms with Crippen LogP contribution in [-0.2, 0) is 16.6 Å². The van der Waals surface area contributed by atoms with Gasteiger partial charge in [0.25, 0.3) is 10.2 Å². The molecular weight excluding hydrogens is 286 g/mol. The maximum Gasteiger partial charge on any atom is 0.279 e. The Morgan fingerprint density at radius 3 is 2.62 bits per heavy atom. The van der Waals surface area contributed by atoms with Crippen LogP contribution in [0.1, 0.15) is 50.8 Å². The predicted octanol–water partition coefficient (Wildman–Crippen LogP) is 2.07. The molecule has 21 heavy (non-hydrogen) atoms. The first-order valence-corrected chi connectivity index (χ1v) is 9.08. The van der Waals surface area contributed by atoms with Crippen molar-refractivity contribution in [1.82, 2.24) is 14.0 Å². The lowest BCUT2D eigenvalue weighted by Gasteiger charge is -2.31. The lowest BCUT2D eigenvalue weighted by Crippen LogP contribution is -2.46. The van der Waals surface area contributed by atoms with Gasteiger partial charge in [0.15, 0.2) is 0 Å². The SMILES string of the molecule is CCc1ccnc(C2CCN(S(=O)(=O)NC(C)C)CC2)c1. The van der Waals surface area contributed by atoms with Crippen molar-refractivity contribution in [3.63, 3.8) is 0 Å². The zero-order valence-electron chi connectivity index (χ0n) is 13.0. The quantitative estimate of drug-likeness (QED) is 0.905. The molecule has 0 atom stereocenters. The molecule has 0 aromatic carbocycles. The summed E-state index contributed by atoms with van der Waals surface area (Å²) in [6, 6.07) is 4.12. The minimum Gasteiger partial charge on any atom is -0.261 e. The van der Waals surface area contributed by atoms with Crippen LogP contribution in [0.2, 0.25) is 0 Å². The van der Waals surface area contributed by atoms with Crippen molar-refractivity contribution in [2.45, 2.75) is 52.0 Å². The molecule has 1 N–H and O–H groups in total. The van der Waals surface area contributed by atoms with Gasteiger partial charge in [0.2, 0.25) is 0 Å². The Balaban J connectivity index is 2.00. The van der Waals surface area contributed by atoms with E-state index in [1.807, 2.05) is 26.1 Å². The van der Waals surface area contributed by atoms with Crippen molar-refractivity contribution in [3.05, 3.63) is 29.6 Å². The lowest BCUT2D eigenvalue weighted by atomic mass is 9.93. The summed E-state index contributed by atoms with van der Waals surface area (Å²) in [5.41, 5.74) is 2.39. The van der Waals surface area contributed by atoms with Gasteiger partial charge in [-0.25, -0.2) is 0 Å². The van der Waals surface area contributed by atoms with Crippen LogP contribution in [0.25, 0.3) is 0 Å². The summed E-state index contributed by atoms with van der Waals surface area (Å²) in [6.45, 7) is 6.93. The number of piperidine rings is 1. The molecule has 118 valence electrons. The molecule has 5 nitrogen and oxygen atoms in total. The Labute approximate surface area is 128 Å². The molecule has 2 heterocycles. The van der Waals surface area contributed by atoms with E-state index in [2.05, 4.69) is 22.7 Å². The molecule has 1 aliphatic rings. The van der Waals surface area contributed by atoms with Gasteiger partial charge in [0.05, 0.1) is 0 Å². The van der Waals surface area contributed by atoms with Gasteiger partial charge in [0, 0.05) is 36.9 Å². The van der Waals surface area contributed by atoms with Gasteiger partial charge in [-0.1, -0.05) is 6.92 Å². The topological polar surface area (TPSA) is 62.3 Å². The van der Waals surface area contributed by atoms with E-state index in [0.29, 0.717) is 19.0 Å². The first kappa shape index (κ1) is 16.4. The first-order chi connectivity index (χ1) is 9.92. The average Bonchev–Trinajstić information content (AvgIpc) is 2.46. The molecule has 1 aromatic heterocycles. The Hall–Kier alpha value is -0.980. The fourth-order valence-electron chi connectivity index (χ4n) is 2.70. The summed E-state index contributed by atoms with van der Waals surface area (Å²) < 4.78 is 28.5. The number of aryl methyl sites for hydroxylation is 1. The van der Waals surface area contributed by atoms with Crippen molar-refractivity contribution in [3.8, 4) is 0 Å². The molecule has 6 heteroatoms. The average molecular weight is 311 g/mol. The number of hydrogen-bond donors (Lipinski definition) is 1. The molecule has 1 aliphatic heterocycles. The van der Waals surface area contributed by atoms with Gasteiger partial charge in [0.1, 0.15) is 0 Å². The molecule has 0 spiro atoms. The highest BCUT2D eigenvalue weighted by Gasteiger charge is 2.29. The fourth-order valence-corrected chi connectivity index (χ4v) is 4.14. The number of hydrogen-bond acceptors (Lipinski definition) is 3. The zero-order valence-corrected chi connectivity index (χ0v) is 13.9. The van der Waals surface area contributed by atoms with Crippen molar-refractivity contribution in [1.29, 1.82) is 0 Å². The van der Waals surface area contributed by atoms with Crippen LogP contribution in [0, 0.1) is 0 Å². The van der Waals surface area contributed by atoms with Gasteiger partial charge in [-0.15, -0.1) is 0 Å². The predicted molar refractivity (Wildman–Crippen MR) is 84.4 cm³/mol. The molecule has 1 fully saturated rings. The molecule has 1 aromatic rings. The van der Waals surface area contributed by atoms with E-state index in [9.17, 15) is 8.42 Å². The fraction of sp³-hybridized carbons (Fsp3) is 0.667. The highest BCUT2D eigenvalue weighted by molar-refractivity contribution is 7.87. The maximum atomic E-state index is 12.1. The minimum atomic E-state index is -3.34. The van der Waals surface area contributed by atoms with Crippen LogP contribution >= 0.6 is 0 Å². The van der Waals surface area contributed by atoms with Gasteiger partial charge < -0.3 is 0 Å². The normalized spacial score (nSPS) is 18.3. The second-order valence-corrected chi connectivity index (χ2v) is 7.60. The number of rotatable bonds is 5. The number of nitrogens with one attached hydrogen (secondary N) is 1. The number of pyridine rings is 1. The van der Waals surface area contributed by atoms with Crippen LogP contribution < -0.4 is 4.72 Å². The van der Waals surface area contributed by atoms with Crippen molar-refractivity contribution in [2.24, 2.45) is 0 Å². The summed E-state index contributed by atoms with van der Waals surface area (Å²) >= 11 is 0. The summed E-state index contributed by atoms with van der Waals surface area (Å²) in [7, 11) is -3.34. The van der Waals surface area contributed by atoms with Gasteiger partial charge in [-0.05, 0) is 50.8 Å². The van der Waals surface area contributed by atoms with E-state index in [4.69, 9.17) is 0 Å². The number of nitrogens with zero attached hydrogens (tertiary/aromatic N) is 2. The Bertz CT molecular complexity index is 564. The van der Waals surface area contributed by atoms with Crippen LogP contribution in [0.15, 0.2) is 18.3 Å². The summed E-state index contributed by atoms with van der Waals surface area (Å²) in [6.07, 6.45) is 4.52. The molecule has 1 saturated heterocycles. The van der Waals surface area contributed by atoms with Gasteiger partial charge in [-0.2, -0.15) is 17.4 Å².